The fraction of sp³-hybridized carbons (Fsp3) is 0.958. The highest BCUT2D eigenvalue weighted by molar-refractivity contribution is 7.80. The standard InChI is InChI=1S/C23H46N2.CH4O4S/c1-5-7-8-9-10-11-12-13-14-15-16-17-18-22(3)23(4,6-2)25-20-19-24-21-25;1-5-6(2,3)4/h21-22H,5-20H2,1-4H3;1H3,(H,2,3,4). The highest BCUT2D eigenvalue weighted by Gasteiger charge is 2.37. The van der Waals surface area contributed by atoms with Crippen LogP contribution in [0.1, 0.15) is 118 Å². The Balaban J connectivity index is 0.00000131. The third-order valence-electron chi connectivity index (χ3n) is 6.87. The van der Waals surface area contributed by atoms with Crippen molar-refractivity contribution in [3.05, 3.63) is 0 Å². The molecule has 0 spiro atoms. The molecule has 0 aliphatic carbocycles. The lowest BCUT2D eigenvalue weighted by atomic mass is 9.80. The second-order valence-corrected chi connectivity index (χ2v) is 10.3. The van der Waals surface area contributed by atoms with Crippen molar-refractivity contribution in [2.75, 3.05) is 20.2 Å². The van der Waals surface area contributed by atoms with Crippen LogP contribution in [0.3, 0.4) is 0 Å². The predicted octanol–water partition coefficient (Wildman–Crippen LogP) is 5.62. The zero-order chi connectivity index (χ0) is 23.6. The maximum absolute atomic E-state index is 9.22. The van der Waals surface area contributed by atoms with E-state index in [1.54, 1.807) is 0 Å². The van der Waals surface area contributed by atoms with E-state index in [4.69, 9.17) is 0 Å². The van der Waals surface area contributed by atoms with Crippen molar-refractivity contribution in [3.8, 4) is 0 Å². The van der Waals surface area contributed by atoms with Gasteiger partial charge in [-0.1, -0.05) is 97.8 Å². The summed E-state index contributed by atoms with van der Waals surface area (Å²) in [5.41, 5.74) is 0.335. The van der Waals surface area contributed by atoms with Crippen molar-refractivity contribution >= 4 is 16.7 Å². The molecule has 0 saturated heterocycles. The van der Waals surface area contributed by atoms with Crippen molar-refractivity contribution in [1.29, 1.82) is 0 Å². The van der Waals surface area contributed by atoms with Crippen LogP contribution in [0, 0.1) is 5.92 Å². The van der Waals surface area contributed by atoms with Crippen LogP contribution in [0.5, 0.6) is 0 Å². The Hall–Kier alpha value is -0.660. The molecule has 6 nitrogen and oxygen atoms in total. The van der Waals surface area contributed by atoms with Gasteiger partial charge in [-0.15, -0.1) is 0 Å². The minimum Gasteiger partial charge on any atom is -0.726 e. The summed E-state index contributed by atoms with van der Waals surface area (Å²) in [6.07, 6.45) is 22.2. The van der Waals surface area contributed by atoms with Gasteiger partial charge in [0.15, 0.2) is 0 Å². The van der Waals surface area contributed by atoms with E-state index >= 15 is 0 Å². The molecule has 1 rings (SSSR count). The van der Waals surface area contributed by atoms with E-state index in [2.05, 4.69) is 48.1 Å². The number of hydrogen-bond donors (Lipinski definition) is 1. The third kappa shape index (κ3) is 14.9. The molecular weight excluding hydrogens is 412 g/mol. The van der Waals surface area contributed by atoms with Gasteiger partial charge in [-0.25, -0.2) is 8.42 Å². The summed E-state index contributed by atoms with van der Waals surface area (Å²) in [4.78, 5) is 0. The van der Waals surface area contributed by atoms with E-state index in [1.807, 2.05) is 0 Å². The molecule has 0 saturated carbocycles. The monoisotopic (exact) mass is 462 g/mol. The highest BCUT2D eigenvalue weighted by atomic mass is 32.3. The third-order valence-corrected chi connectivity index (χ3v) is 7.28. The molecule has 1 aliphatic heterocycles. The van der Waals surface area contributed by atoms with E-state index < -0.39 is 10.4 Å². The van der Waals surface area contributed by atoms with Crippen molar-refractivity contribution in [1.82, 2.24) is 5.32 Å². The summed E-state index contributed by atoms with van der Waals surface area (Å²) < 4.78 is 33.6. The summed E-state index contributed by atoms with van der Waals surface area (Å²) >= 11 is 0. The Labute approximate surface area is 193 Å². The first kappa shape index (κ1) is 30.3. The van der Waals surface area contributed by atoms with Gasteiger partial charge in [-0.05, 0) is 25.7 Å². The summed E-state index contributed by atoms with van der Waals surface area (Å²) in [7, 11) is -3.60. The normalized spacial score (nSPS) is 16.6. The first-order valence-electron chi connectivity index (χ1n) is 12.6. The number of nitrogens with one attached hydrogen (secondary N) is 1. The van der Waals surface area contributed by atoms with Crippen LogP contribution in [0.25, 0.3) is 0 Å². The molecule has 1 N–H and O–H groups in total. The molecule has 0 aromatic heterocycles. The first-order valence-corrected chi connectivity index (χ1v) is 13.9. The van der Waals surface area contributed by atoms with Gasteiger partial charge in [0, 0.05) is 0 Å². The molecule has 0 aromatic rings. The van der Waals surface area contributed by atoms with Gasteiger partial charge < -0.3 is 4.55 Å². The van der Waals surface area contributed by atoms with E-state index in [0.717, 1.165) is 19.6 Å². The van der Waals surface area contributed by atoms with Gasteiger partial charge in [0.25, 0.3) is 0 Å². The van der Waals surface area contributed by atoms with Crippen molar-refractivity contribution in [3.63, 3.8) is 0 Å². The molecule has 0 fully saturated rings. The Morgan fingerprint density at radius 1 is 1.00 bits per heavy atom. The van der Waals surface area contributed by atoms with Crippen molar-refractivity contribution < 1.29 is 21.7 Å². The Morgan fingerprint density at radius 2 is 1.45 bits per heavy atom. The molecule has 7 heteroatoms. The lowest BCUT2D eigenvalue weighted by Gasteiger charge is -2.34. The van der Waals surface area contributed by atoms with Crippen LogP contribution in [0.15, 0.2) is 0 Å². The summed E-state index contributed by atoms with van der Waals surface area (Å²) in [6.45, 7) is 11.9. The highest BCUT2D eigenvalue weighted by Crippen LogP contribution is 2.30. The van der Waals surface area contributed by atoms with Crippen molar-refractivity contribution in [2.45, 2.75) is 123 Å². The van der Waals surface area contributed by atoms with Crippen molar-refractivity contribution in [2.24, 2.45) is 5.92 Å². The largest absolute Gasteiger partial charge is 0.726 e. The van der Waals surface area contributed by atoms with Crippen LogP contribution in [0.4, 0.5) is 0 Å². The molecule has 0 aromatic carbocycles. The second kappa shape index (κ2) is 17.8. The van der Waals surface area contributed by atoms with Gasteiger partial charge in [-0.2, -0.15) is 0 Å². The van der Waals surface area contributed by atoms with Crippen LogP contribution in [0.2, 0.25) is 0 Å². The van der Waals surface area contributed by atoms with Crippen LogP contribution >= 0.6 is 0 Å². The van der Waals surface area contributed by atoms with E-state index in [-0.39, 0.29) is 0 Å². The van der Waals surface area contributed by atoms with Crippen LogP contribution < -0.4 is 5.32 Å². The van der Waals surface area contributed by atoms with Gasteiger partial charge in [0.2, 0.25) is 16.7 Å². The number of hydrogen-bond acceptors (Lipinski definition) is 5. The minimum atomic E-state index is -4.41. The maximum atomic E-state index is 9.22. The second-order valence-electron chi connectivity index (χ2n) is 9.14. The molecule has 186 valence electrons. The molecule has 1 aliphatic rings. The number of nitrogens with zero attached hydrogens (tertiary/aromatic N) is 1. The molecule has 0 radical (unpaired) electrons. The zero-order valence-corrected chi connectivity index (χ0v) is 21.8. The topological polar surface area (TPSA) is 81.5 Å². The number of rotatable bonds is 17. The van der Waals surface area contributed by atoms with Gasteiger partial charge >= 0.3 is 0 Å². The SMILES string of the molecule is CCCCCCCCCCCCCCC(C)C(C)(CC)[N+]1=CNCC1.COS(=O)(=O)[O-]. The average Bonchev–Trinajstić information content (AvgIpc) is 3.29. The Kier molecular flexibility index (Phi) is 17.5. The summed E-state index contributed by atoms with van der Waals surface area (Å²) in [6, 6.07) is 0. The van der Waals surface area contributed by atoms with Crippen LogP contribution in [-0.4, -0.2) is 49.6 Å². The minimum absolute atomic E-state index is 0.335. The molecule has 1 heterocycles. The lowest BCUT2D eigenvalue weighted by molar-refractivity contribution is -0.604. The zero-order valence-electron chi connectivity index (χ0n) is 21.0. The number of unbranched alkanes of at least 4 members (excludes halogenated alkanes) is 11. The summed E-state index contributed by atoms with van der Waals surface area (Å²) in [5, 5.41) is 3.38. The summed E-state index contributed by atoms with van der Waals surface area (Å²) in [5.74, 6) is 0.775. The maximum Gasteiger partial charge on any atom is 0.232 e. The molecule has 0 bridgehead atoms. The quantitative estimate of drug-likeness (QED) is 0.131. The fourth-order valence-corrected chi connectivity index (χ4v) is 4.26. The van der Waals surface area contributed by atoms with Gasteiger partial charge in [-0.3, -0.25) is 14.1 Å². The van der Waals surface area contributed by atoms with Gasteiger partial charge in [0.05, 0.1) is 7.11 Å². The van der Waals surface area contributed by atoms with Gasteiger partial charge in [0.1, 0.15) is 18.6 Å². The van der Waals surface area contributed by atoms with E-state index in [0.29, 0.717) is 5.54 Å². The first-order chi connectivity index (χ1) is 14.7. The molecule has 2 atom stereocenters. The predicted molar refractivity (Wildman–Crippen MR) is 129 cm³/mol. The van der Waals surface area contributed by atoms with E-state index in [9.17, 15) is 13.0 Å². The Bertz CT molecular complexity index is 566. The molecule has 2 unspecified atom stereocenters. The fourth-order valence-electron chi connectivity index (χ4n) is 4.26. The smallest absolute Gasteiger partial charge is 0.232 e. The lowest BCUT2D eigenvalue weighted by Crippen LogP contribution is -2.44. The Morgan fingerprint density at radius 3 is 1.81 bits per heavy atom. The average molecular weight is 463 g/mol. The van der Waals surface area contributed by atoms with Crippen LogP contribution in [-0.2, 0) is 14.6 Å². The molecular formula is C24H50N2O4S. The molecule has 31 heavy (non-hydrogen) atoms. The van der Waals surface area contributed by atoms with E-state index in [1.165, 1.54) is 96.4 Å². The molecule has 0 amide bonds.